The normalized spacial score (nSPS) is 28.5. The number of imide groups is 2. The molecule has 46 heavy (non-hydrogen) atoms. The first kappa shape index (κ1) is 30.0. The summed E-state index contributed by atoms with van der Waals surface area (Å²) in [6.07, 6.45) is 2.23. The van der Waals surface area contributed by atoms with Crippen molar-refractivity contribution in [3.63, 3.8) is 0 Å². The van der Waals surface area contributed by atoms with E-state index < -0.39 is 52.6 Å². The molecule has 4 amide bonds. The highest BCUT2D eigenvalue weighted by molar-refractivity contribution is 6.32. The lowest BCUT2D eigenvalue weighted by Crippen LogP contribution is -2.49. The molecule has 1 saturated carbocycles. The highest BCUT2D eigenvalue weighted by Crippen LogP contribution is 2.65. The van der Waals surface area contributed by atoms with Crippen LogP contribution in [0.5, 0.6) is 17.2 Å². The second-order valence-corrected chi connectivity index (χ2v) is 12.8. The molecule has 2 aliphatic carbocycles. The number of nitrogens with zero attached hydrogens (tertiary/aromatic N) is 2. The minimum Gasteiger partial charge on any atom is -0.507 e. The Labute approximate surface area is 269 Å². The zero-order valence-corrected chi connectivity index (χ0v) is 26.0. The average molecular weight is 645 g/mol. The van der Waals surface area contributed by atoms with Crippen LogP contribution in [0, 0.1) is 34.9 Å². The molecule has 4 aliphatic rings. The number of methoxy groups -OCH3 is 2. The Morgan fingerprint density at radius 2 is 1.63 bits per heavy atom. The Morgan fingerprint density at radius 3 is 2.30 bits per heavy atom. The molecule has 236 valence electrons. The number of allylic oxidation sites excluding steroid dienone is 2. The molecule has 0 spiro atoms. The number of anilines is 2. The topological polar surface area (TPSA) is 113 Å². The molecule has 1 N–H and O–H groups in total. The van der Waals surface area contributed by atoms with Crippen LogP contribution in [0.2, 0.25) is 5.02 Å². The first-order valence-corrected chi connectivity index (χ1v) is 15.3. The van der Waals surface area contributed by atoms with Crippen LogP contribution in [-0.2, 0) is 19.2 Å². The van der Waals surface area contributed by atoms with Gasteiger partial charge in [0, 0.05) is 23.6 Å². The number of benzene rings is 3. The zero-order chi connectivity index (χ0) is 32.7. The van der Waals surface area contributed by atoms with Crippen molar-refractivity contribution in [2.75, 3.05) is 24.0 Å². The third kappa shape index (κ3) is 4.05. The van der Waals surface area contributed by atoms with E-state index in [-0.39, 0.29) is 52.4 Å². The van der Waals surface area contributed by atoms with Crippen LogP contribution in [0.3, 0.4) is 0 Å². The van der Waals surface area contributed by atoms with Gasteiger partial charge in [0.15, 0.2) is 0 Å². The van der Waals surface area contributed by atoms with Crippen LogP contribution >= 0.6 is 11.6 Å². The van der Waals surface area contributed by atoms with Crippen LogP contribution < -0.4 is 19.3 Å². The molecule has 0 bridgehead atoms. The molecule has 2 saturated heterocycles. The molecule has 11 heteroatoms. The van der Waals surface area contributed by atoms with E-state index in [2.05, 4.69) is 0 Å². The minimum atomic E-state index is -1.46. The summed E-state index contributed by atoms with van der Waals surface area (Å²) in [7, 11) is 2.87. The monoisotopic (exact) mass is 644 g/mol. The molecule has 0 aromatic heterocycles. The van der Waals surface area contributed by atoms with E-state index in [1.54, 1.807) is 43.3 Å². The Kier molecular flexibility index (Phi) is 6.97. The van der Waals surface area contributed by atoms with Gasteiger partial charge in [-0.2, -0.15) is 0 Å². The van der Waals surface area contributed by atoms with Crippen LogP contribution in [0.4, 0.5) is 15.8 Å². The van der Waals surface area contributed by atoms with Gasteiger partial charge < -0.3 is 14.6 Å². The average Bonchev–Trinajstić information content (AvgIpc) is 3.42. The fraction of sp³-hybridized carbons (Fsp3) is 0.314. The van der Waals surface area contributed by atoms with E-state index in [9.17, 15) is 28.7 Å². The molecule has 3 aromatic carbocycles. The molecule has 3 fully saturated rings. The van der Waals surface area contributed by atoms with E-state index in [1.807, 2.05) is 6.08 Å². The first-order valence-electron chi connectivity index (χ1n) is 14.9. The summed E-state index contributed by atoms with van der Waals surface area (Å²) in [4.78, 5) is 59.1. The van der Waals surface area contributed by atoms with Gasteiger partial charge in [-0.05, 0) is 56.0 Å². The van der Waals surface area contributed by atoms with E-state index in [0.717, 1.165) is 11.0 Å². The predicted octanol–water partition coefficient (Wildman–Crippen LogP) is 5.64. The van der Waals surface area contributed by atoms with Crippen LogP contribution in [0.1, 0.15) is 31.2 Å². The number of ether oxygens (including phenoxy) is 2. The van der Waals surface area contributed by atoms with Crippen LogP contribution in [-0.4, -0.2) is 43.0 Å². The summed E-state index contributed by atoms with van der Waals surface area (Å²) in [5, 5.41) is 11.2. The summed E-state index contributed by atoms with van der Waals surface area (Å²) in [6, 6.07) is 15.3. The van der Waals surface area contributed by atoms with Gasteiger partial charge in [0.2, 0.25) is 23.6 Å². The van der Waals surface area contributed by atoms with E-state index >= 15 is 0 Å². The van der Waals surface area contributed by atoms with E-state index in [0.29, 0.717) is 17.0 Å². The Balaban J connectivity index is 1.42. The highest BCUT2D eigenvalue weighted by atomic mass is 35.5. The maximum atomic E-state index is 14.6. The summed E-state index contributed by atoms with van der Waals surface area (Å²) in [5.74, 6) is -6.09. The van der Waals surface area contributed by atoms with Gasteiger partial charge in [-0.3, -0.25) is 24.1 Å². The largest absolute Gasteiger partial charge is 0.507 e. The number of fused-ring (bicyclic) bond motifs is 4. The van der Waals surface area contributed by atoms with Gasteiger partial charge in [-0.25, -0.2) is 9.29 Å². The summed E-state index contributed by atoms with van der Waals surface area (Å²) in [6.45, 7) is 1.68. The fourth-order valence-electron chi connectivity index (χ4n) is 8.19. The maximum Gasteiger partial charge on any atom is 0.241 e. The third-order valence-electron chi connectivity index (χ3n) is 10.3. The molecule has 9 nitrogen and oxygen atoms in total. The lowest BCUT2D eigenvalue weighted by Gasteiger charge is -2.49. The van der Waals surface area contributed by atoms with Crippen molar-refractivity contribution in [2.45, 2.75) is 25.7 Å². The summed E-state index contributed by atoms with van der Waals surface area (Å²) in [5.41, 5.74) is 0.0551. The van der Waals surface area contributed by atoms with Gasteiger partial charge in [0.05, 0.1) is 53.8 Å². The van der Waals surface area contributed by atoms with Gasteiger partial charge >= 0.3 is 0 Å². The SMILES string of the molecule is COc1cc(O)c([C@H]2C3=CC[C@@H]4C(=O)N(c5ccccc5)C(=O)[C@@H]4[C@@H]3C[C@H]3C(=O)N(c4ccc(F)c(Cl)c4)C(=O)[C@@]23C)c(OC)c1. The zero-order valence-electron chi connectivity index (χ0n) is 25.2. The van der Waals surface area contributed by atoms with Crippen LogP contribution in [0.15, 0.2) is 72.3 Å². The Morgan fingerprint density at radius 1 is 0.891 bits per heavy atom. The van der Waals surface area contributed by atoms with Crippen molar-refractivity contribution in [3.05, 3.63) is 88.7 Å². The van der Waals surface area contributed by atoms with Gasteiger partial charge in [-0.1, -0.05) is 41.4 Å². The molecule has 2 heterocycles. The summed E-state index contributed by atoms with van der Waals surface area (Å²) >= 11 is 6.07. The molecule has 0 unspecified atom stereocenters. The maximum absolute atomic E-state index is 14.6. The Bertz CT molecular complexity index is 1860. The molecule has 0 radical (unpaired) electrons. The fourth-order valence-corrected chi connectivity index (χ4v) is 8.36. The third-order valence-corrected chi connectivity index (χ3v) is 10.6. The van der Waals surface area contributed by atoms with Gasteiger partial charge in [0.1, 0.15) is 23.1 Å². The number of carbonyl (C=O) groups is 4. The molecule has 7 rings (SSSR count). The molecule has 2 aliphatic heterocycles. The number of rotatable bonds is 5. The Hall–Kier alpha value is -4.70. The lowest BCUT2D eigenvalue weighted by molar-refractivity contribution is -0.131. The number of para-hydroxylation sites is 1. The van der Waals surface area contributed by atoms with Crippen molar-refractivity contribution < 1.29 is 38.1 Å². The van der Waals surface area contributed by atoms with Crippen molar-refractivity contribution in [1.82, 2.24) is 0 Å². The van der Waals surface area contributed by atoms with E-state index in [1.165, 1.54) is 37.3 Å². The number of phenols is 1. The number of aromatic hydroxyl groups is 1. The van der Waals surface area contributed by atoms with Crippen molar-refractivity contribution >= 4 is 46.6 Å². The standard InChI is InChI=1S/C35H30ClFN2O7/c1-35-23(32(42)39(34(35)44)18-9-12-25(37)24(36)13-18)16-22-20(30(35)29-26(40)14-19(45-2)15-27(29)46-3)10-11-21-28(22)33(43)38(31(21)41)17-7-5-4-6-8-17/h4-10,12-15,21-23,28,30,40H,11,16H2,1-3H3/t21-,22+,23-,28-,30+,35+/m0/s1. The molecule has 6 atom stereocenters. The van der Waals surface area contributed by atoms with Crippen molar-refractivity contribution in [2.24, 2.45) is 29.1 Å². The number of halogens is 2. The number of hydrogen-bond acceptors (Lipinski definition) is 7. The highest BCUT2D eigenvalue weighted by Gasteiger charge is 2.68. The molecular formula is C35H30ClFN2O7. The number of amides is 4. The van der Waals surface area contributed by atoms with Crippen LogP contribution in [0.25, 0.3) is 0 Å². The molecule has 3 aromatic rings. The predicted molar refractivity (Wildman–Crippen MR) is 166 cm³/mol. The van der Waals surface area contributed by atoms with Gasteiger partial charge in [-0.15, -0.1) is 0 Å². The number of phenolic OH excluding ortho intramolecular Hbond substituents is 1. The molecular weight excluding hydrogens is 615 g/mol. The first-order chi connectivity index (χ1) is 22.0. The van der Waals surface area contributed by atoms with Crippen molar-refractivity contribution in [1.29, 1.82) is 0 Å². The minimum absolute atomic E-state index is 0.108. The lowest BCUT2D eigenvalue weighted by atomic mass is 9.51. The van der Waals surface area contributed by atoms with E-state index in [4.69, 9.17) is 21.1 Å². The number of hydrogen-bond donors (Lipinski definition) is 1. The number of carbonyl (C=O) groups excluding carboxylic acids is 4. The second kappa shape index (κ2) is 10.7. The van der Waals surface area contributed by atoms with Gasteiger partial charge in [0.25, 0.3) is 0 Å². The quantitative estimate of drug-likeness (QED) is 0.283. The summed E-state index contributed by atoms with van der Waals surface area (Å²) < 4.78 is 25.2. The second-order valence-electron chi connectivity index (χ2n) is 12.4. The van der Waals surface area contributed by atoms with Crippen molar-refractivity contribution in [3.8, 4) is 17.2 Å². The smallest absolute Gasteiger partial charge is 0.241 e.